The molecule has 0 spiro atoms. The Morgan fingerprint density at radius 2 is 2.28 bits per heavy atom. The minimum atomic E-state index is -0.0236. The minimum Gasteiger partial charge on any atom is -0.302 e. The van der Waals surface area contributed by atoms with Gasteiger partial charge in [0.2, 0.25) is 5.91 Å². The third kappa shape index (κ3) is 4.01. The van der Waals surface area contributed by atoms with E-state index >= 15 is 0 Å². The number of carbonyl (C=O) groups excluding carboxylic acids is 1. The van der Waals surface area contributed by atoms with Crippen LogP contribution in [0.3, 0.4) is 0 Å². The topological polar surface area (TPSA) is 42.0 Å². The van der Waals surface area contributed by atoms with E-state index in [4.69, 9.17) is 11.6 Å². The van der Waals surface area contributed by atoms with Crippen LogP contribution < -0.4 is 5.32 Å². The Morgan fingerprint density at radius 1 is 1.44 bits per heavy atom. The number of benzene rings is 1. The van der Waals surface area contributed by atoms with Crippen molar-refractivity contribution in [3.05, 3.63) is 40.9 Å². The number of carbonyl (C=O) groups is 1. The molecule has 94 valence electrons. The molecule has 1 aromatic carbocycles. The first-order valence-corrected chi connectivity index (χ1v) is 7.56. The summed E-state index contributed by atoms with van der Waals surface area (Å²) in [4.78, 5) is 16.6. The van der Waals surface area contributed by atoms with Crippen LogP contribution in [0.4, 0.5) is 5.13 Å². The van der Waals surface area contributed by atoms with E-state index in [1.165, 1.54) is 11.3 Å². The molecule has 0 atom stereocenters. The molecule has 2 aromatic rings. The van der Waals surface area contributed by atoms with Gasteiger partial charge >= 0.3 is 0 Å². The fourth-order valence-corrected chi connectivity index (χ4v) is 3.01. The molecule has 1 heterocycles. The highest BCUT2D eigenvalue weighted by atomic mass is 35.5. The molecule has 0 saturated heterocycles. The zero-order chi connectivity index (χ0) is 12.8. The van der Waals surface area contributed by atoms with Crippen molar-refractivity contribution in [2.24, 2.45) is 0 Å². The first kappa shape index (κ1) is 13.4. The van der Waals surface area contributed by atoms with Gasteiger partial charge in [-0.3, -0.25) is 4.79 Å². The number of aromatic nitrogens is 1. The summed E-state index contributed by atoms with van der Waals surface area (Å²) in [6.45, 7) is 0. The first-order valence-electron chi connectivity index (χ1n) is 5.32. The molecule has 0 aliphatic rings. The van der Waals surface area contributed by atoms with Gasteiger partial charge in [0.25, 0.3) is 0 Å². The van der Waals surface area contributed by atoms with Crippen LogP contribution in [0, 0.1) is 0 Å². The van der Waals surface area contributed by atoms with Gasteiger partial charge in [-0.25, -0.2) is 4.98 Å². The van der Waals surface area contributed by atoms with Crippen molar-refractivity contribution in [1.29, 1.82) is 0 Å². The van der Waals surface area contributed by atoms with Gasteiger partial charge in [0.05, 0.1) is 5.02 Å². The Morgan fingerprint density at radius 3 is 3.00 bits per heavy atom. The Hall–Kier alpha value is -1.04. The molecule has 2 rings (SSSR count). The lowest BCUT2D eigenvalue weighted by atomic mass is 10.4. The fraction of sp³-hybridized carbons (Fsp3) is 0.167. The van der Waals surface area contributed by atoms with Crippen molar-refractivity contribution in [1.82, 2.24) is 4.98 Å². The van der Waals surface area contributed by atoms with Gasteiger partial charge in [-0.15, -0.1) is 23.1 Å². The molecule has 1 amide bonds. The Bertz CT molecular complexity index is 517. The number of thiazole rings is 1. The number of anilines is 1. The molecular formula is C12H11ClN2OS2. The summed E-state index contributed by atoms with van der Waals surface area (Å²) < 4.78 is 0. The largest absolute Gasteiger partial charge is 0.302 e. The van der Waals surface area contributed by atoms with Crippen molar-refractivity contribution < 1.29 is 4.79 Å². The van der Waals surface area contributed by atoms with E-state index in [0.717, 1.165) is 9.92 Å². The Kier molecular flexibility index (Phi) is 5.04. The normalized spacial score (nSPS) is 10.3. The predicted octanol–water partition coefficient (Wildman–Crippen LogP) is 3.92. The molecule has 1 N–H and O–H groups in total. The third-order valence-electron chi connectivity index (χ3n) is 2.10. The van der Waals surface area contributed by atoms with Gasteiger partial charge in [0.1, 0.15) is 0 Å². The molecular weight excluding hydrogens is 288 g/mol. The zero-order valence-corrected chi connectivity index (χ0v) is 11.8. The van der Waals surface area contributed by atoms with Gasteiger partial charge in [0.15, 0.2) is 5.13 Å². The van der Waals surface area contributed by atoms with Crippen LogP contribution in [0.5, 0.6) is 0 Å². The zero-order valence-electron chi connectivity index (χ0n) is 9.43. The van der Waals surface area contributed by atoms with Crippen LogP contribution in [0.25, 0.3) is 0 Å². The van der Waals surface area contributed by atoms with Gasteiger partial charge in [0, 0.05) is 28.6 Å². The Balaban J connectivity index is 1.75. The minimum absolute atomic E-state index is 0.0236. The summed E-state index contributed by atoms with van der Waals surface area (Å²) in [6, 6.07) is 7.62. The van der Waals surface area contributed by atoms with Crippen molar-refractivity contribution in [2.75, 3.05) is 11.1 Å². The second-order valence-electron chi connectivity index (χ2n) is 3.41. The second kappa shape index (κ2) is 6.78. The Labute approximate surface area is 119 Å². The number of amides is 1. The fourth-order valence-electron chi connectivity index (χ4n) is 1.28. The molecule has 6 heteroatoms. The maximum atomic E-state index is 11.6. The number of nitrogens with one attached hydrogen (secondary N) is 1. The van der Waals surface area contributed by atoms with E-state index in [9.17, 15) is 4.79 Å². The smallest absolute Gasteiger partial charge is 0.226 e. The van der Waals surface area contributed by atoms with E-state index in [1.807, 2.05) is 29.6 Å². The highest BCUT2D eigenvalue weighted by Crippen LogP contribution is 2.27. The number of halogens is 1. The summed E-state index contributed by atoms with van der Waals surface area (Å²) in [5, 5.41) is 5.94. The first-order chi connectivity index (χ1) is 8.75. The van der Waals surface area contributed by atoms with Crippen molar-refractivity contribution >= 4 is 45.7 Å². The van der Waals surface area contributed by atoms with Crippen LogP contribution in [-0.2, 0) is 4.79 Å². The SMILES string of the molecule is O=C(CCSc1ccccc1Cl)Nc1nccs1. The monoisotopic (exact) mass is 298 g/mol. The van der Waals surface area contributed by atoms with E-state index in [0.29, 0.717) is 17.3 Å². The number of thioether (sulfide) groups is 1. The molecule has 0 radical (unpaired) electrons. The number of rotatable bonds is 5. The van der Waals surface area contributed by atoms with E-state index in [-0.39, 0.29) is 5.91 Å². The maximum absolute atomic E-state index is 11.6. The summed E-state index contributed by atoms with van der Waals surface area (Å²) >= 11 is 9.02. The average molecular weight is 299 g/mol. The summed E-state index contributed by atoms with van der Waals surface area (Å²) in [6.07, 6.45) is 2.11. The van der Waals surface area contributed by atoms with E-state index in [1.54, 1.807) is 18.0 Å². The van der Waals surface area contributed by atoms with Crippen LogP contribution >= 0.6 is 34.7 Å². The lowest BCUT2D eigenvalue weighted by molar-refractivity contribution is -0.115. The van der Waals surface area contributed by atoms with Crippen LogP contribution in [0.2, 0.25) is 5.02 Å². The van der Waals surface area contributed by atoms with Gasteiger partial charge in [-0.05, 0) is 12.1 Å². The highest BCUT2D eigenvalue weighted by molar-refractivity contribution is 7.99. The highest BCUT2D eigenvalue weighted by Gasteiger charge is 2.05. The molecule has 1 aromatic heterocycles. The molecule has 0 aliphatic carbocycles. The van der Waals surface area contributed by atoms with Gasteiger partial charge in [-0.1, -0.05) is 23.7 Å². The van der Waals surface area contributed by atoms with Gasteiger partial charge in [-0.2, -0.15) is 0 Å². The van der Waals surface area contributed by atoms with Crippen LogP contribution in [0.1, 0.15) is 6.42 Å². The maximum Gasteiger partial charge on any atom is 0.226 e. The lowest BCUT2D eigenvalue weighted by Crippen LogP contribution is -2.11. The van der Waals surface area contributed by atoms with Gasteiger partial charge < -0.3 is 5.32 Å². The summed E-state index contributed by atoms with van der Waals surface area (Å²) in [5.74, 6) is 0.672. The predicted molar refractivity (Wildman–Crippen MR) is 77.5 cm³/mol. The summed E-state index contributed by atoms with van der Waals surface area (Å²) in [7, 11) is 0. The number of nitrogens with zero attached hydrogens (tertiary/aromatic N) is 1. The second-order valence-corrected chi connectivity index (χ2v) is 5.85. The molecule has 3 nitrogen and oxygen atoms in total. The quantitative estimate of drug-likeness (QED) is 0.851. The van der Waals surface area contributed by atoms with Crippen molar-refractivity contribution in [2.45, 2.75) is 11.3 Å². The summed E-state index contributed by atoms with van der Waals surface area (Å²) in [5.41, 5.74) is 0. The standard InChI is InChI=1S/C12H11ClN2OS2/c13-9-3-1-2-4-10(9)17-7-5-11(16)15-12-14-6-8-18-12/h1-4,6,8H,5,7H2,(H,14,15,16). The number of hydrogen-bond donors (Lipinski definition) is 1. The van der Waals surface area contributed by atoms with Crippen molar-refractivity contribution in [3.63, 3.8) is 0 Å². The number of hydrogen-bond acceptors (Lipinski definition) is 4. The molecule has 18 heavy (non-hydrogen) atoms. The molecule has 0 saturated carbocycles. The molecule has 0 unspecified atom stereocenters. The molecule has 0 aliphatic heterocycles. The van der Waals surface area contributed by atoms with Crippen molar-refractivity contribution in [3.8, 4) is 0 Å². The van der Waals surface area contributed by atoms with Crippen LogP contribution in [-0.4, -0.2) is 16.6 Å². The molecule has 0 bridgehead atoms. The van der Waals surface area contributed by atoms with Crippen LogP contribution in [0.15, 0.2) is 40.7 Å². The molecule has 0 fully saturated rings. The van der Waals surface area contributed by atoms with E-state index < -0.39 is 0 Å². The lowest BCUT2D eigenvalue weighted by Gasteiger charge is -2.03. The third-order valence-corrected chi connectivity index (χ3v) is 4.31. The average Bonchev–Trinajstić information content (AvgIpc) is 2.84. The van der Waals surface area contributed by atoms with E-state index in [2.05, 4.69) is 10.3 Å².